The van der Waals surface area contributed by atoms with Crippen molar-refractivity contribution in [2.24, 2.45) is 0 Å². The van der Waals surface area contributed by atoms with Gasteiger partial charge in [-0.1, -0.05) is 0 Å². The van der Waals surface area contributed by atoms with Crippen LogP contribution < -0.4 is 11.1 Å². The number of benzene rings is 1. The SMILES string of the molecule is Cl.Nc1ccc(C(=O)NCCSC(F)(F)F)cc1. The monoisotopic (exact) mass is 300 g/mol. The van der Waals surface area contributed by atoms with Crippen LogP contribution in [0.4, 0.5) is 18.9 Å². The van der Waals surface area contributed by atoms with Gasteiger partial charge < -0.3 is 11.1 Å². The van der Waals surface area contributed by atoms with E-state index in [1.807, 2.05) is 0 Å². The zero-order chi connectivity index (χ0) is 12.9. The molecule has 0 saturated carbocycles. The van der Waals surface area contributed by atoms with Crippen molar-refractivity contribution in [2.45, 2.75) is 5.51 Å². The molecule has 0 spiro atoms. The van der Waals surface area contributed by atoms with Gasteiger partial charge >= 0.3 is 5.51 Å². The molecule has 0 heterocycles. The molecule has 0 aliphatic carbocycles. The van der Waals surface area contributed by atoms with Gasteiger partial charge in [-0.25, -0.2) is 0 Å². The summed E-state index contributed by atoms with van der Waals surface area (Å²) in [6, 6.07) is 6.14. The van der Waals surface area contributed by atoms with E-state index >= 15 is 0 Å². The van der Waals surface area contributed by atoms with Gasteiger partial charge in [-0.05, 0) is 36.0 Å². The van der Waals surface area contributed by atoms with Crippen LogP contribution in [0.25, 0.3) is 0 Å². The van der Waals surface area contributed by atoms with Crippen LogP contribution in [-0.2, 0) is 0 Å². The Morgan fingerprint density at radius 1 is 1.28 bits per heavy atom. The zero-order valence-corrected chi connectivity index (χ0v) is 10.8. The van der Waals surface area contributed by atoms with E-state index in [-0.39, 0.29) is 36.5 Å². The van der Waals surface area contributed by atoms with Crippen LogP contribution >= 0.6 is 24.2 Å². The number of nitrogens with one attached hydrogen (secondary N) is 1. The Hall–Kier alpha value is -1.08. The molecule has 1 amide bonds. The zero-order valence-electron chi connectivity index (χ0n) is 9.16. The molecule has 0 radical (unpaired) electrons. The number of hydrogen-bond acceptors (Lipinski definition) is 3. The molecule has 0 bridgehead atoms. The number of carbonyl (C=O) groups is 1. The van der Waals surface area contributed by atoms with Gasteiger partial charge in [0.1, 0.15) is 0 Å². The quantitative estimate of drug-likeness (QED) is 0.664. The number of rotatable bonds is 4. The van der Waals surface area contributed by atoms with Crippen LogP contribution in [0.1, 0.15) is 10.4 Å². The maximum atomic E-state index is 11.8. The van der Waals surface area contributed by atoms with Crippen LogP contribution in [0.2, 0.25) is 0 Å². The standard InChI is InChI=1S/C10H11F3N2OS.ClH/c11-10(12,13)17-6-5-15-9(16)7-1-3-8(14)4-2-7;/h1-4H,5-6,14H2,(H,15,16);1H. The molecule has 0 aliphatic heterocycles. The molecule has 18 heavy (non-hydrogen) atoms. The Labute approximate surface area is 113 Å². The van der Waals surface area contributed by atoms with E-state index in [4.69, 9.17) is 5.73 Å². The maximum absolute atomic E-state index is 11.8. The van der Waals surface area contributed by atoms with Gasteiger partial charge in [-0.15, -0.1) is 12.4 Å². The van der Waals surface area contributed by atoms with Gasteiger partial charge in [-0.2, -0.15) is 13.2 Å². The first kappa shape index (κ1) is 16.9. The molecule has 0 unspecified atom stereocenters. The number of anilines is 1. The lowest BCUT2D eigenvalue weighted by Crippen LogP contribution is -2.26. The van der Waals surface area contributed by atoms with E-state index in [1.54, 1.807) is 12.1 Å². The van der Waals surface area contributed by atoms with Crippen molar-refractivity contribution in [3.05, 3.63) is 29.8 Å². The largest absolute Gasteiger partial charge is 0.441 e. The Bertz CT molecular complexity index is 384. The lowest BCUT2D eigenvalue weighted by molar-refractivity contribution is -0.0327. The summed E-state index contributed by atoms with van der Waals surface area (Å²) in [7, 11) is 0. The van der Waals surface area contributed by atoms with Gasteiger partial charge in [0.2, 0.25) is 0 Å². The number of alkyl halides is 3. The average molecular weight is 301 g/mol. The summed E-state index contributed by atoms with van der Waals surface area (Å²) >= 11 is -0.162. The van der Waals surface area contributed by atoms with Gasteiger partial charge in [0.25, 0.3) is 5.91 Å². The van der Waals surface area contributed by atoms with Crippen molar-refractivity contribution in [1.82, 2.24) is 5.32 Å². The lowest BCUT2D eigenvalue weighted by atomic mass is 10.2. The normalized spacial score (nSPS) is 10.6. The Morgan fingerprint density at radius 3 is 2.33 bits per heavy atom. The van der Waals surface area contributed by atoms with E-state index in [9.17, 15) is 18.0 Å². The highest BCUT2D eigenvalue weighted by atomic mass is 35.5. The van der Waals surface area contributed by atoms with Crippen LogP contribution in [0.15, 0.2) is 24.3 Å². The molecule has 102 valence electrons. The topological polar surface area (TPSA) is 55.1 Å². The molecule has 3 nitrogen and oxygen atoms in total. The van der Waals surface area contributed by atoms with E-state index in [0.29, 0.717) is 11.3 Å². The van der Waals surface area contributed by atoms with Crippen molar-refractivity contribution >= 4 is 35.8 Å². The van der Waals surface area contributed by atoms with Crippen LogP contribution in [0, 0.1) is 0 Å². The van der Waals surface area contributed by atoms with Crippen molar-refractivity contribution in [1.29, 1.82) is 0 Å². The van der Waals surface area contributed by atoms with Gasteiger partial charge in [0.15, 0.2) is 0 Å². The first-order valence-electron chi connectivity index (χ1n) is 4.73. The Balaban J connectivity index is 0.00000289. The minimum atomic E-state index is -4.26. The third-order valence-electron chi connectivity index (χ3n) is 1.83. The second kappa shape index (κ2) is 7.38. The van der Waals surface area contributed by atoms with Crippen molar-refractivity contribution in [3.63, 3.8) is 0 Å². The summed E-state index contributed by atoms with van der Waals surface area (Å²) in [5.74, 6) is -0.614. The fourth-order valence-corrected chi connectivity index (χ4v) is 1.50. The summed E-state index contributed by atoms with van der Waals surface area (Å²) in [6.07, 6.45) is 0. The molecule has 8 heteroatoms. The molecule has 0 fully saturated rings. The van der Waals surface area contributed by atoms with E-state index < -0.39 is 11.4 Å². The van der Waals surface area contributed by atoms with Crippen molar-refractivity contribution < 1.29 is 18.0 Å². The highest BCUT2D eigenvalue weighted by Crippen LogP contribution is 2.29. The van der Waals surface area contributed by atoms with Crippen molar-refractivity contribution in [2.75, 3.05) is 18.0 Å². The molecule has 1 aromatic carbocycles. The number of hydrogen-bond donors (Lipinski definition) is 2. The highest BCUT2D eigenvalue weighted by molar-refractivity contribution is 8.00. The lowest BCUT2D eigenvalue weighted by Gasteiger charge is -2.07. The molecule has 0 aliphatic rings. The molecule has 1 aromatic rings. The highest BCUT2D eigenvalue weighted by Gasteiger charge is 2.27. The second-order valence-electron chi connectivity index (χ2n) is 3.17. The number of halogens is 4. The van der Waals surface area contributed by atoms with Crippen LogP contribution in [0.3, 0.4) is 0 Å². The molecule has 0 saturated heterocycles. The fraction of sp³-hybridized carbons (Fsp3) is 0.300. The average Bonchev–Trinajstić information content (AvgIpc) is 2.24. The summed E-state index contributed by atoms with van der Waals surface area (Å²) in [6.45, 7) is -0.0343. The van der Waals surface area contributed by atoms with E-state index in [2.05, 4.69) is 5.32 Å². The molecule has 1 rings (SSSR count). The number of thioether (sulfide) groups is 1. The maximum Gasteiger partial charge on any atom is 0.441 e. The number of carbonyl (C=O) groups excluding carboxylic acids is 1. The molecular formula is C10H12ClF3N2OS. The summed E-state index contributed by atoms with van der Waals surface area (Å²) in [4.78, 5) is 11.4. The minimum Gasteiger partial charge on any atom is -0.399 e. The van der Waals surface area contributed by atoms with Gasteiger partial charge in [-0.3, -0.25) is 4.79 Å². The summed E-state index contributed by atoms with van der Waals surface area (Å²) in [5, 5.41) is 2.39. The summed E-state index contributed by atoms with van der Waals surface area (Å²) in [5.41, 5.74) is 2.07. The molecule has 0 aromatic heterocycles. The molecular weight excluding hydrogens is 289 g/mol. The summed E-state index contributed by atoms with van der Waals surface area (Å²) < 4.78 is 35.4. The predicted molar refractivity (Wildman–Crippen MR) is 68.9 cm³/mol. The fourth-order valence-electron chi connectivity index (χ4n) is 1.07. The predicted octanol–water partition coefficient (Wildman–Crippen LogP) is 2.67. The Morgan fingerprint density at radius 2 is 1.83 bits per heavy atom. The van der Waals surface area contributed by atoms with E-state index in [0.717, 1.165) is 0 Å². The van der Waals surface area contributed by atoms with Crippen molar-refractivity contribution in [3.8, 4) is 0 Å². The number of nitrogen functional groups attached to an aromatic ring is 1. The smallest absolute Gasteiger partial charge is 0.399 e. The first-order valence-corrected chi connectivity index (χ1v) is 5.71. The molecule has 3 N–H and O–H groups in total. The van der Waals surface area contributed by atoms with Crippen LogP contribution in [-0.4, -0.2) is 23.7 Å². The van der Waals surface area contributed by atoms with E-state index in [1.165, 1.54) is 12.1 Å². The first-order chi connectivity index (χ1) is 7.88. The van der Waals surface area contributed by atoms with Gasteiger partial charge in [0.05, 0.1) is 0 Å². The second-order valence-corrected chi connectivity index (χ2v) is 4.33. The number of nitrogens with two attached hydrogens (primary N) is 1. The number of amides is 1. The third kappa shape index (κ3) is 6.61. The molecule has 0 atom stereocenters. The third-order valence-corrected chi connectivity index (χ3v) is 2.56. The Kier molecular flexibility index (Phi) is 6.93. The van der Waals surface area contributed by atoms with Gasteiger partial charge in [0, 0.05) is 23.5 Å². The minimum absolute atomic E-state index is 0. The van der Waals surface area contributed by atoms with Crippen LogP contribution in [0.5, 0.6) is 0 Å².